The van der Waals surface area contributed by atoms with Gasteiger partial charge < -0.3 is 10.6 Å². The minimum absolute atomic E-state index is 0.656. The summed E-state index contributed by atoms with van der Waals surface area (Å²) in [6.07, 6.45) is 1.03. The molecule has 2 aromatic heterocycles. The molecule has 6 heteroatoms. The number of halogens is 1. The van der Waals surface area contributed by atoms with E-state index in [2.05, 4.69) is 27.5 Å². The number of hydrogen-bond acceptors (Lipinski definition) is 5. The van der Waals surface area contributed by atoms with Crippen molar-refractivity contribution in [3.63, 3.8) is 0 Å². The zero-order valence-corrected chi connectivity index (χ0v) is 13.1. The van der Waals surface area contributed by atoms with Crippen LogP contribution in [0.2, 0.25) is 5.02 Å². The van der Waals surface area contributed by atoms with Crippen LogP contribution in [-0.4, -0.2) is 16.5 Å². The average molecular weight is 319 g/mol. The van der Waals surface area contributed by atoms with Gasteiger partial charge in [0.05, 0.1) is 5.39 Å². The lowest BCUT2D eigenvalue weighted by Gasteiger charge is -2.09. The average Bonchev–Trinajstić information content (AvgIpc) is 2.96. The molecule has 21 heavy (non-hydrogen) atoms. The zero-order chi connectivity index (χ0) is 14.7. The highest BCUT2D eigenvalue weighted by molar-refractivity contribution is 7.16. The molecule has 3 aromatic rings. The predicted octanol–water partition coefficient (Wildman–Crippen LogP) is 4.91. The molecular weight excluding hydrogens is 304 g/mol. The second-order valence-corrected chi connectivity index (χ2v) is 5.92. The molecule has 0 saturated carbocycles. The Morgan fingerprint density at radius 1 is 1.14 bits per heavy atom. The van der Waals surface area contributed by atoms with Crippen molar-refractivity contribution in [1.82, 2.24) is 9.97 Å². The van der Waals surface area contributed by atoms with Crippen LogP contribution in [0, 0.1) is 0 Å². The first-order valence-electron chi connectivity index (χ1n) is 6.78. The fourth-order valence-electron chi connectivity index (χ4n) is 1.94. The molecule has 0 spiro atoms. The molecule has 4 nitrogen and oxygen atoms in total. The van der Waals surface area contributed by atoms with E-state index in [1.54, 1.807) is 11.3 Å². The molecule has 0 atom stereocenters. The summed E-state index contributed by atoms with van der Waals surface area (Å²) in [7, 11) is 0. The Labute approximate surface area is 132 Å². The maximum atomic E-state index is 5.91. The van der Waals surface area contributed by atoms with Gasteiger partial charge in [-0.1, -0.05) is 18.5 Å². The zero-order valence-electron chi connectivity index (χ0n) is 11.6. The van der Waals surface area contributed by atoms with Crippen molar-refractivity contribution >= 4 is 50.6 Å². The predicted molar refractivity (Wildman–Crippen MR) is 90.9 cm³/mol. The van der Waals surface area contributed by atoms with Gasteiger partial charge in [0.2, 0.25) is 5.95 Å². The molecule has 1 aromatic carbocycles. The lowest BCUT2D eigenvalue weighted by atomic mass is 10.3. The Kier molecular flexibility index (Phi) is 4.22. The Balaban J connectivity index is 1.95. The summed E-state index contributed by atoms with van der Waals surface area (Å²) in [6, 6.07) is 9.60. The van der Waals surface area contributed by atoms with E-state index in [-0.39, 0.29) is 0 Å². The molecular formula is C15H15ClN4S. The first kappa shape index (κ1) is 14.1. The standard InChI is InChI=1S/C15H15ClN4S/c1-2-8-17-15-19-13(12-7-9-21-14(12)20-15)18-11-5-3-10(16)4-6-11/h3-7,9H,2,8H2,1H3,(H2,17,18,19,20). The second kappa shape index (κ2) is 6.28. The third kappa shape index (κ3) is 3.25. The van der Waals surface area contributed by atoms with Crippen LogP contribution in [0.15, 0.2) is 35.7 Å². The SMILES string of the molecule is CCCNc1nc(Nc2ccc(Cl)cc2)c2ccsc2n1. The fraction of sp³-hybridized carbons (Fsp3) is 0.200. The third-order valence-corrected chi connectivity index (χ3v) is 4.02. The number of hydrogen-bond donors (Lipinski definition) is 2. The van der Waals surface area contributed by atoms with E-state index < -0.39 is 0 Å². The summed E-state index contributed by atoms with van der Waals surface area (Å²) in [5.74, 6) is 1.46. The quantitative estimate of drug-likeness (QED) is 0.701. The smallest absolute Gasteiger partial charge is 0.226 e. The van der Waals surface area contributed by atoms with Crippen molar-refractivity contribution in [3.8, 4) is 0 Å². The highest BCUT2D eigenvalue weighted by Crippen LogP contribution is 2.29. The van der Waals surface area contributed by atoms with Crippen molar-refractivity contribution in [1.29, 1.82) is 0 Å². The van der Waals surface area contributed by atoms with Gasteiger partial charge in [0, 0.05) is 17.3 Å². The highest BCUT2D eigenvalue weighted by Gasteiger charge is 2.09. The molecule has 0 fully saturated rings. The van der Waals surface area contributed by atoms with Crippen LogP contribution in [-0.2, 0) is 0 Å². The summed E-state index contributed by atoms with van der Waals surface area (Å²) in [5.41, 5.74) is 0.951. The second-order valence-electron chi connectivity index (χ2n) is 4.59. The molecule has 3 rings (SSSR count). The van der Waals surface area contributed by atoms with Crippen molar-refractivity contribution in [2.24, 2.45) is 0 Å². The van der Waals surface area contributed by atoms with Crippen molar-refractivity contribution < 1.29 is 0 Å². The molecule has 108 valence electrons. The largest absolute Gasteiger partial charge is 0.354 e. The first-order chi connectivity index (χ1) is 10.3. The number of nitrogens with zero attached hydrogens (tertiary/aromatic N) is 2. The molecule has 0 unspecified atom stereocenters. The van der Waals surface area contributed by atoms with Crippen LogP contribution >= 0.6 is 22.9 Å². The van der Waals surface area contributed by atoms with Gasteiger partial charge in [0.25, 0.3) is 0 Å². The maximum Gasteiger partial charge on any atom is 0.226 e. The fourth-order valence-corrected chi connectivity index (χ4v) is 2.83. The molecule has 0 aliphatic carbocycles. The molecule has 0 saturated heterocycles. The van der Waals surface area contributed by atoms with E-state index in [1.165, 1.54) is 0 Å². The van der Waals surface area contributed by atoms with Crippen molar-refractivity contribution in [2.75, 3.05) is 17.2 Å². The molecule has 0 bridgehead atoms. The van der Waals surface area contributed by atoms with E-state index in [0.29, 0.717) is 11.0 Å². The minimum atomic E-state index is 0.656. The highest BCUT2D eigenvalue weighted by atomic mass is 35.5. The van der Waals surface area contributed by atoms with Gasteiger partial charge in [-0.05, 0) is 42.1 Å². The number of rotatable bonds is 5. The summed E-state index contributed by atoms with van der Waals surface area (Å²) in [4.78, 5) is 10.1. The third-order valence-electron chi connectivity index (χ3n) is 2.97. The van der Waals surface area contributed by atoms with Crippen molar-refractivity contribution in [3.05, 3.63) is 40.7 Å². The normalized spacial score (nSPS) is 10.8. The van der Waals surface area contributed by atoms with E-state index in [4.69, 9.17) is 11.6 Å². The molecule has 2 N–H and O–H groups in total. The Bertz CT molecular complexity index is 739. The lowest BCUT2D eigenvalue weighted by Crippen LogP contribution is -2.06. The number of fused-ring (bicyclic) bond motifs is 1. The van der Waals surface area contributed by atoms with E-state index in [9.17, 15) is 0 Å². The number of aromatic nitrogens is 2. The topological polar surface area (TPSA) is 49.8 Å². The summed E-state index contributed by atoms with van der Waals surface area (Å²) in [6.45, 7) is 2.97. The van der Waals surface area contributed by atoms with E-state index in [0.717, 1.165) is 34.7 Å². The lowest BCUT2D eigenvalue weighted by molar-refractivity contribution is 0.958. The van der Waals surface area contributed by atoms with Gasteiger partial charge in [-0.25, -0.2) is 4.98 Å². The summed E-state index contributed by atoms with van der Waals surface area (Å²) >= 11 is 7.52. The number of nitrogens with one attached hydrogen (secondary N) is 2. The van der Waals surface area contributed by atoms with Gasteiger partial charge in [-0.15, -0.1) is 11.3 Å². The summed E-state index contributed by atoms with van der Waals surface area (Å²) < 4.78 is 0. The van der Waals surface area contributed by atoms with Crippen LogP contribution in [0.1, 0.15) is 13.3 Å². The molecule has 0 radical (unpaired) electrons. The Morgan fingerprint density at radius 3 is 2.71 bits per heavy atom. The first-order valence-corrected chi connectivity index (χ1v) is 8.03. The summed E-state index contributed by atoms with van der Waals surface area (Å²) in [5, 5.41) is 10.3. The number of anilines is 3. The molecule has 2 heterocycles. The molecule has 0 amide bonds. The molecule has 0 aliphatic rings. The Morgan fingerprint density at radius 2 is 1.95 bits per heavy atom. The molecule has 0 aliphatic heterocycles. The van der Waals surface area contributed by atoms with Crippen molar-refractivity contribution in [2.45, 2.75) is 13.3 Å². The van der Waals surface area contributed by atoms with Gasteiger partial charge in [0.1, 0.15) is 10.6 Å². The van der Waals surface area contributed by atoms with Crippen LogP contribution in [0.3, 0.4) is 0 Å². The van der Waals surface area contributed by atoms with E-state index in [1.807, 2.05) is 35.7 Å². The van der Waals surface area contributed by atoms with Gasteiger partial charge in [0.15, 0.2) is 0 Å². The van der Waals surface area contributed by atoms with Crippen LogP contribution in [0.5, 0.6) is 0 Å². The monoisotopic (exact) mass is 318 g/mol. The maximum absolute atomic E-state index is 5.91. The Hall–Kier alpha value is -1.85. The number of thiophene rings is 1. The van der Waals surface area contributed by atoms with E-state index >= 15 is 0 Å². The number of benzene rings is 1. The van der Waals surface area contributed by atoms with Gasteiger partial charge >= 0.3 is 0 Å². The van der Waals surface area contributed by atoms with Gasteiger partial charge in [-0.3, -0.25) is 0 Å². The van der Waals surface area contributed by atoms with Crippen LogP contribution in [0.4, 0.5) is 17.5 Å². The minimum Gasteiger partial charge on any atom is -0.354 e. The van der Waals surface area contributed by atoms with Gasteiger partial charge in [-0.2, -0.15) is 4.98 Å². The van der Waals surface area contributed by atoms with Crippen LogP contribution in [0.25, 0.3) is 10.2 Å². The van der Waals surface area contributed by atoms with Crippen LogP contribution < -0.4 is 10.6 Å².